The molecule has 2 aliphatic heterocycles. The summed E-state index contributed by atoms with van der Waals surface area (Å²) >= 11 is 1.25. The summed E-state index contributed by atoms with van der Waals surface area (Å²) in [6, 6.07) is -0.549. The van der Waals surface area contributed by atoms with Crippen LogP contribution < -0.4 is 5.73 Å². The van der Waals surface area contributed by atoms with Gasteiger partial charge in [0, 0.05) is 16.1 Å². The Morgan fingerprint density at radius 3 is 2.74 bits per heavy atom. The van der Waals surface area contributed by atoms with Crippen LogP contribution in [0.2, 0.25) is 0 Å². The van der Waals surface area contributed by atoms with Crippen molar-refractivity contribution in [3.63, 3.8) is 0 Å². The van der Waals surface area contributed by atoms with Crippen LogP contribution in [0.4, 0.5) is 0 Å². The van der Waals surface area contributed by atoms with Gasteiger partial charge >= 0.3 is 5.97 Å². The van der Waals surface area contributed by atoms with Crippen molar-refractivity contribution in [2.45, 2.75) is 26.0 Å². The number of aliphatic hydroxyl groups is 2. The van der Waals surface area contributed by atoms with E-state index in [4.69, 9.17) is 5.73 Å². The van der Waals surface area contributed by atoms with Crippen molar-refractivity contribution in [1.29, 1.82) is 0 Å². The standard InChI is InChI=1S/C14H21N3O5S/c1-7(19)8-10-14(2,5-18)11(23-4-3-16-6-15)9(13(21)22)17(10)12(8)20/h6-8,10,18-19H,3-5H2,1-2H3,(H2,15,16)(H,21,22)/t7?,8?,10-,14?/m0/s1. The van der Waals surface area contributed by atoms with E-state index in [0.717, 1.165) is 0 Å². The zero-order chi connectivity index (χ0) is 17.4. The molecule has 5 N–H and O–H groups in total. The Labute approximate surface area is 138 Å². The highest BCUT2D eigenvalue weighted by Crippen LogP contribution is 2.57. The zero-order valence-corrected chi connectivity index (χ0v) is 13.8. The van der Waals surface area contributed by atoms with E-state index in [2.05, 4.69) is 4.99 Å². The lowest BCUT2D eigenvalue weighted by Crippen LogP contribution is -2.66. The van der Waals surface area contributed by atoms with Crippen LogP contribution in [0.15, 0.2) is 15.6 Å². The minimum atomic E-state index is -1.21. The highest BCUT2D eigenvalue weighted by molar-refractivity contribution is 8.03. The number of aliphatic hydroxyl groups excluding tert-OH is 2. The molecule has 128 valence electrons. The largest absolute Gasteiger partial charge is 0.477 e. The smallest absolute Gasteiger partial charge is 0.353 e. The topological polar surface area (TPSA) is 136 Å². The lowest BCUT2D eigenvalue weighted by atomic mass is 9.70. The number of aliphatic imine (C=N–C) groups is 1. The maximum absolute atomic E-state index is 12.3. The van der Waals surface area contributed by atoms with E-state index < -0.39 is 35.4 Å². The molecule has 0 aromatic rings. The number of carbonyl (C=O) groups is 2. The molecule has 1 fully saturated rings. The van der Waals surface area contributed by atoms with E-state index in [1.807, 2.05) is 0 Å². The molecular weight excluding hydrogens is 322 g/mol. The second-order valence-electron chi connectivity index (χ2n) is 5.88. The third kappa shape index (κ3) is 2.62. The molecule has 0 radical (unpaired) electrons. The van der Waals surface area contributed by atoms with Crippen molar-refractivity contribution < 1.29 is 24.9 Å². The first-order valence-corrected chi connectivity index (χ1v) is 8.22. The zero-order valence-electron chi connectivity index (χ0n) is 13.0. The quantitative estimate of drug-likeness (QED) is 0.206. The summed E-state index contributed by atoms with van der Waals surface area (Å²) in [5.41, 5.74) is 4.16. The molecule has 1 amide bonds. The molecule has 3 unspecified atom stereocenters. The van der Waals surface area contributed by atoms with Crippen LogP contribution in [0.25, 0.3) is 0 Å². The van der Waals surface area contributed by atoms with Crippen LogP contribution >= 0.6 is 11.8 Å². The number of aliphatic carboxylic acids is 1. The molecule has 9 heteroatoms. The summed E-state index contributed by atoms with van der Waals surface area (Å²) < 4.78 is 0. The number of hydrogen-bond donors (Lipinski definition) is 4. The Hall–Kier alpha value is -1.58. The number of carboxylic acids is 1. The van der Waals surface area contributed by atoms with Gasteiger partial charge in [-0.1, -0.05) is 6.92 Å². The Morgan fingerprint density at radius 1 is 1.61 bits per heavy atom. The number of thioether (sulfide) groups is 1. The maximum Gasteiger partial charge on any atom is 0.353 e. The molecule has 0 bridgehead atoms. The molecule has 2 rings (SSSR count). The van der Waals surface area contributed by atoms with Crippen molar-refractivity contribution in [3.8, 4) is 0 Å². The van der Waals surface area contributed by atoms with Gasteiger partial charge in [-0.3, -0.25) is 9.79 Å². The molecule has 0 saturated carbocycles. The molecule has 0 aromatic carbocycles. The third-order valence-electron chi connectivity index (χ3n) is 4.39. The number of carboxylic acid groups (broad SMARTS) is 1. The molecule has 2 heterocycles. The molecule has 4 atom stereocenters. The third-order valence-corrected chi connectivity index (χ3v) is 5.73. The van der Waals surface area contributed by atoms with Crippen LogP contribution in [-0.2, 0) is 9.59 Å². The van der Waals surface area contributed by atoms with E-state index in [1.165, 1.54) is 29.9 Å². The number of fused-ring (bicyclic) bond motifs is 1. The van der Waals surface area contributed by atoms with E-state index in [1.54, 1.807) is 6.92 Å². The fraction of sp³-hybridized carbons (Fsp3) is 0.643. The molecule has 0 aromatic heterocycles. The molecule has 1 saturated heterocycles. The number of nitrogens with zero attached hydrogens (tertiary/aromatic N) is 2. The average Bonchev–Trinajstić information content (AvgIpc) is 2.70. The van der Waals surface area contributed by atoms with Gasteiger partial charge in [-0.05, 0) is 6.92 Å². The van der Waals surface area contributed by atoms with Gasteiger partial charge in [0.1, 0.15) is 5.70 Å². The minimum Gasteiger partial charge on any atom is -0.477 e. The normalized spacial score (nSPS) is 31.5. The second-order valence-corrected chi connectivity index (χ2v) is 6.99. The first kappa shape index (κ1) is 17.8. The maximum atomic E-state index is 12.3. The SMILES string of the molecule is CC(O)C1C(=O)N2C(C(=O)O)=C(SCCN=CN)C(C)(CO)[C@H]12. The van der Waals surface area contributed by atoms with Gasteiger partial charge in [0.15, 0.2) is 0 Å². The van der Waals surface area contributed by atoms with Gasteiger partial charge in [-0.15, -0.1) is 11.8 Å². The van der Waals surface area contributed by atoms with Gasteiger partial charge in [-0.25, -0.2) is 4.79 Å². The molecular formula is C14H21N3O5S. The van der Waals surface area contributed by atoms with E-state index in [0.29, 0.717) is 17.2 Å². The monoisotopic (exact) mass is 343 g/mol. The predicted octanol–water partition coefficient (Wildman–Crippen LogP) is -0.777. The lowest BCUT2D eigenvalue weighted by Gasteiger charge is -2.50. The van der Waals surface area contributed by atoms with Crippen LogP contribution in [0.3, 0.4) is 0 Å². The number of hydrogen-bond acceptors (Lipinski definition) is 6. The molecule has 8 nitrogen and oxygen atoms in total. The van der Waals surface area contributed by atoms with E-state index >= 15 is 0 Å². The molecule has 2 aliphatic rings. The van der Waals surface area contributed by atoms with E-state index in [-0.39, 0.29) is 12.3 Å². The second kappa shape index (κ2) is 6.50. The van der Waals surface area contributed by atoms with Gasteiger partial charge in [0.25, 0.3) is 0 Å². The number of carbonyl (C=O) groups excluding carboxylic acids is 1. The van der Waals surface area contributed by atoms with Gasteiger partial charge < -0.3 is 26.0 Å². The van der Waals surface area contributed by atoms with Gasteiger partial charge in [0.05, 0.1) is 37.6 Å². The average molecular weight is 343 g/mol. The van der Waals surface area contributed by atoms with Crippen molar-refractivity contribution in [3.05, 3.63) is 10.6 Å². The summed E-state index contributed by atoms with van der Waals surface area (Å²) in [6.45, 7) is 3.30. The fourth-order valence-corrected chi connectivity index (χ4v) is 4.54. The Balaban J connectivity index is 2.39. The fourth-order valence-electron chi connectivity index (χ4n) is 3.30. The number of nitrogens with two attached hydrogens (primary N) is 1. The predicted molar refractivity (Wildman–Crippen MR) is 85.7 cm³/mol. The van der Waals surface area contributed by atoms with Crippen molar-refractivity contribution in [1.82, 2.24) is 4.90 Å². The van der Waals surface area contributed by atoms with Crippen molar-refractivity contribution >= 4 is 30.0 Å². The van der Waals surface area contributed by atoms with Crippen LogP contribution in [0, 0.1) is 11.3 Å². The van der Waals surface area contributed by atoms with Gasteiger partial charge in [0.2, 0.25) is 5.91 Å². The summed E-state index contributed by atoms with van der Waals surface area (Å²) in [5, 5.41) is 29.3. The van der Waals surface area contributed by atoms with Crippen LogP contribution in [0.1, 0.15) is 13.8 Å². The lowest BCUT2D eigenvalue weighted by molar-refractivity contribution is -0.168. The summed E-state index contributed by atoms with van der Waals surface area (Å²) in [6.07, 6.45) is 0.267. The highest BCUT2D eigenvalue weighted by atomic mass is 32.2. The summed E-state index contributed by atoms with van der Waals surface area (Å²) in [7, 11) is 0. The number of amides is 1. The molecule has 0 aliphatic carbocycles. The van der Waals surface area contributed by atoms with E-state index in [9.17, 15) is 24.9 Å². The minimum absolute atomic E-state index is 0.102. The Bertz CT molecular complexity index is 577. The van der Waals surface area contributed by atoms with Crippen molar-refractivity contribution in [2.75, 3.05) is 18.9 Å². The molecule has 23 heavy (non-hydrogen) atoms. The summed E-state index contributed by atoms with van der Waals surface area (Å²) in [4.78, 5) is 29.4. The molecule has 0 spiro atoms. The Kier molecular flexibility index (Phi) is 5.02. The number of β-lactam (4-membered cyclic amide) rings is 1. The highest BCUT2D eigenvalue weighted by Gasteiger charge is 2.66. The summed E-state index contributed by atoms with van der Waals surface area (Å²) in [5.74, 6) is -1.86. The van der Waals surface area contributed by atoms with Gasteiger partial charge in [-0.2, -0.15) is 0 Å². The van der Waals surface area contributed by atoms with Crippen molar-refractivity contribution in [2.24, 2.45) is 22.1 Å². The number of rotatable bonds is 7. The van der Waals surface area contributed by atoms with Crippen LogP contribution in [-0.4, -0.2) is 69.5 Å². The Morgan fingerprint density at radius 2 is 2.26 bits per heavy atom. The van der Waals surface area contributed by atoms with Crippen LogP contribution in [0.5, 0.6) is 0 Å². The first-order valence-electron chi connectivity index (χ1n) is 7.24. The first-order chi connectivity index (χ1) is 10.8.